The van der Waals surface area contributed by atoms with Gasteiger partial charge in [0.05, 0.1) is 33.9 Å². The SMILES string of the molecule is CCC1=C(CC)c2cc3[nH]c(c([C]=O)c4nc(cc5[nH]c(cc1n2)c(CC)c5CC)C(CC)=C4CC)c(CC)c3CC. The van der Waals surface area contributed by atoms with Crippen molar-refractivity contribution in [2.45, 2.75) is 107 Å². The second-order valence-corrected chi connectivity index (χ2v) is 11.2. The highest BCUT2D eigenvalue weighted by Gasteiger charge is 2.24. The van der Waals surface area contributed by atoms with Crippen molar-refractivity contribution in [3.05, 3.63) is 68.8 Å². The average Bonchev–Trinajstić information content (AvgIpc) is 3.72. The number of fused-ring (bicyclic) bond motifs is 8. The Balaban J connectivity index is 2.10. The van der Waals surface area contributed by atoms with Gasteiger partial charge in [0, 0.05) is 16.6 Å². The minimum absolute atomic E-state index is 0.533. The molecule has 2 aliphatic rings. The monoisotopic (exact) mass is 561 g/mol. The average molecular weight is 562 g/mol. The largest absolute Gasteiger partial charge is 0.355 e. The van der Waals surface area contributed by atoms with Crippen LogP contribution in [-0.2, 0) is 30.5 Å². The maximum absolute atomic E-state index is 12.8. The molecule has 0 atom stereocenters. The summed E-state index contributed by atoms with van der Waals surface area (Å²) in [6, 6.07) is 6.68. The third-order valence-electron chi connectivity index (χ3n) is 9.21. The molecule has 5 rings (SSSR count). The zero-order chi connectivity index (χ0) is 30.1. The zero-order valence-corrected chi connectivity index (χ0v) is 26.7. The number of nitrogens with zero attached hydrogens (tertiary/aromatic N) is 2. The third kappa shape index (κ3) is 4.67. The Morgan fingerprint density at radius 2 is 0.929 bits per heavy atom. The molecule has 219 valence electrons. The van der Waals surface area contributed by atoms with Gasteiger partial charge in [-0.3, -0.25) is 4.79 Å². The summed E-state index contributed by atoms with van der Waals surface area (Å²) in [5.41, 5.74) is 18.4. The van der Waals surface area contributed by atoms with Crippen molar-refractivity contribution in [2.24, 2.45) is 0 Å². The summed E-state index contributed by atoms with van der Waals surface area (Å²) in [7, 11) is 0. The maximum Gasteiger partial charge on any atom is 0.237 e. The Morgan fingerprint density at radius 3 is 1.36 bits per heavy atom. The lowest BCUT2D eigenvalue weighted by Crippen LogP contribution is -1.95. The smallest absolute Gasteiger partial charge is 0.237 e. The Hall–Kier alpha value is -3.73. The van der Waals surface area contributed by atoms with Crippen LogP contribution in [0.4, 0.5) is 0 Å². The number of hydrogen-bond acceptors (Lipinski definition) is 3. The van der Waals surface area contributed by atoms with Gasteiger partial charge in [-0.2, -0.15) is 0 Å². The van der Waals surface area contributed by atoms with Crippen molar-refractivity contribution >= 4 is 50.6 Å². The Kier molecular flexibility index (Phi) is 8.68. The number of aromatic nitrogens is 4. The molecule has 42 heavy (non-hydrogen) atoms. The first kappa shape index (κ1) is 29.8. The first-order chi connectivity index (χ1) is 20.4. The summed E-state index contributed by atoms with van der Waals surface area (Å²) >= 11 is 0. The van der Waals surface area contributed by atoms with Crippen LogP contribution in [-0.4, -0.2) is 26.2 Å². The van der Waals surface area contributed by atoms with E-state index < -0.39 is 0 Å². The van der Waals surface area contributed by atoms with Gasteiger partial charge in [-0.15, -0.1) is 0 Å². The van der Waals surface area contributed by atoms with Gasteiger partial charge in [-0.05, 0) is 114 Å². The predicted molar refractivity (Wildman–Crippen MR) is 178 cm³/mol. The van der Waals surface area contributed by atoms with Crippen LogP contribution in [0.5, 0.6) is 0 Å². The second-order valence-electron chi connectivity index (χ2n) is 11.2. The maximum atomic E-state index is 12.8. The lowest BCUT2D eigenvalue weighted by molar-refractivity contribution is 0.563. The summed E-state index contributed by atoms with van der Waals surface area (Å²) < 4.78 is 0. The molecule has 1 radical (unpaired) electrons. The standard InChI is InChI=1S/C37H45N4O/c1-9-21-23(11-3)32-18-34-25(13-5)27(15-7)36(40-34)29(20-42)37-28(16-8)26(14-6)35(41-37)19-33-24(12-4)22(10-2)31(39-33)17-30(21)38-32/h17-19,38,41H,9-16H2,1-8H3. The fourth-order valence-corrected chi connectivity index (χ4v) is 7.29. The molecule has 0 saturated heterocycles. The van der Waals surface area contributed by atoms with E-state index in [2.05, 4.69) is 89.8 Å². The number of rotatable bonds is 9. The summed E-state index contributed by atoms with van der Waals surface area (Å²) in [5.74, 6) is 0. The van der Waals surface area contributed by atoms with E-state index in [1.165, 1.54) is 39.0 Å². The van der Waals surface area contributed by atoms with E-state index in [1.807, 2.05) is 0 Å². The van der Waals surface area contributed by atoms with Crippen LogP contribution in [0.3, 0.4) is 0 Å². The van der Waals surface area contributed by atoms with Gasteiger partial charge in [0.15, 0.2) is 0 Å². The van der Waals surface area contributed by atoms with Crippen molar-refractivity contribution in [1.29, 1.82) is 0 Å². The van der Waals surface area contributed by atoms with Crippen LogP contribution in [0.15, 0.2) is 18.2 Å². The molecular formula is C37H45N4O. The van der Waals surface area contributed by atoms with E-state index in [-0.39, 0.29) is 0 Å². The van der Waals surface area contributed by atoms with Gasteiger partial charge >= 0.3 is 0 Å². The van der Waals surface area contributed by atoms with Gasteiger partial charge in [-0.25, -0.2) is 9.97 Å². The molecule has 5 heterocycles. The fourth-order valence-electron chi connectivity index (χ4n) is 7.29. The quantitative estimate of drug-likeness (QED) is 0.273. The number of allylic oxidation sites excluding steroid dienone is 4. The van der Waals surface area contributed by atoms with Crippen LogP contribution in [0.2, 0.25) is 0 Å². The Labute approximate surface area is 250 Å². The summed E-state index contributed by atoms with van der Waals surface area (Å²) in [5, 5.41) is 0. The first-order valence-electron chi connectivity index (χ1n) is 16.1. The lowest BCUT2D eigenvalue weighted by Gasteiger charge is -2.05. The van der Waals surface area contributed by atoms with Crippen molar-refractivity contribution < 1.29 is 4.79 Å². The fraction of sp³-hybridized carbons (Fsp3) is 0.432. The highest BCUT2D eigenvalue weighted by Crippen LogP contribution is 2.39. The minimum Gasteiger partial charge on any atom is -0.355 e. The third-order valence-corrected chi connectivity index (χ3v) is 9.21. The van der Waals surface area contributed by atoms with Crippen molar-refractivity contribution in [3.63, 3.8) is 0 Å². The number of aryl methyl sites for hydroxylation is 4. The molecule has 8 bridgehead atoms. The molecule has 0 fully saturated rings. The van der Waals surface area contributed by atoms with E-state index >= 15 is 0 Å². The Morgan fingerprint density at radius 1 is 0.524 bits per heavy atom. The van der Waals surface area contributed by atoms with Gasteiger partial charge in [-0.1, -0.05) is 55.4 Å². The molecular weight excluding hydrogens is 516 g/mol. The van der Waals surface area contributed by atoms with Crippen LogP contribution in [0, 0.1) is 0 Å². The van der Waals surface area contributed by atoms with Crippen molar-refractivity contribution in [3.8, 4) is 0 Å². The molecule has 5 nitrogen and oxygen atoms in total. The van der Waals surface area contributed by atoms with Gasteiger partial charge in [0.25, 0.3) is 0 Å². The lowest BCUT2D eigenvalue weighted by atomic mass is 9.96. The normalized spacial score (nSPS) is 13.4. The Bertz CT molecular complexity index is 1780. The number of aromatic amines is 2. The van der Waals surface area contributed by atoms with Crippen LogP contribution in [0.25, 0.3) is 44.4 Å². The van der Waals surface area contributed by atoms with Crippen molar-refractivity contribution in [2.75, 3.05) is 0 Å². The molecule has 0 aromatic carbocycles. The first-order valence-corrected chi connectivity index (χ1v) is 16.1. The molecule has 3 aromatic rings. The number of nitrogens with one attached hydrogen (secondary N) is 2. The topological polar surface area (TPSA) is 74.4 Å². The van der Waals surface area contributed by atoms with E-state index in [0.717, 1.165) is 102 Å². The number of hydrogen-bond donors (Lipinski definition) is 2. The highest BCUT2D eigenvalue weighted by molar-refractivity contribution is 6.02. The minimum atomic E-state index is 0.533. The number of H-pyrrole nitrogens is 2. The molecule has 2 aliphatic heterocycles. The van der Waals surface area contributed by atoms with Crippen molar-refractivity contribution in [1.82, 2.24) is 19.9 Å². The zero-order valence-electron chi connectivity index (χ0n) is 26.7. The molecule has 2 N–H and O–H groups in total. The van der Waals surface area contributed by atoms with E-state index in [0.29, 0.717) is 5.56 Å². The molecule has 0 saturated carbocycles. The molecule has 0 spiro atoms. The van der Waals surface area contributed by atoms with E-state index in [1.54, 1.807) is 0 Å². The van der Waals surface area contributed by atoms with Gasteiger partial charge in [0.1, 0.15) is 0 Å². The summed E-state index contributed by atoms with van der Waals surface area (Å²) in [6.07, 6.45) is 9.36. The van der Waals surface area contributed by atoms with Crippen LogP contribution < -0.4 is 0 Å². The predicted octanol–water partition coefficient (Wildman–Crippen LogP) is 9.48. The number of carbonyl (C=O) groups excluding carboxylic acids is 1. The summed E-state index contributed by atoms with van der Waals surface area (Å²) in [6.45, 7) is 17.6. The molecule has 0 aliphatic carbocycles. The second kappa shape index (κ2) is 12.2. The van der Waals surface area contributed by atoms with Crippen LogP contribution >= 0.6 is 0 Å². The molecule has 5 heteroatoms. The van der Waals surface area contributed by atoms with E-state index in [4.69, 9.17) is 9.97 Å². The molecule has 0 unspecified atom stereocenters. The summed E-state index contributed by atoms with van der Waals surface area (Å²) in [4.78, 5) is 30.8. The van der Waals surface area contributed by atoms with Crippen LogP contribution in [0.1, 0.15) is 132 Å². The van der Waals surface area contributed by atoms with Gasteiger partial charge in [0.2, 0.25) is 6.29 Å². The van der Waals surface area contributed by atoms with Gasteiger partial charge < -0.3 is 9.97 Å². The molecule has 0 amide bonds. The van der Waals surface area contributed by atoms with E-state index in [9.17, 15) is 4.79 Å². The molecule has 3 aromatic heterocycles. The highest BCUT2D eigenvalue weighted by atomic mass is 16.1.